The molecule has 0 spiro atoms. The highest BCUT2D eigenvalue weighted by atomic mass is 16.5. The van der Waals surface area contributed by atoms with Gasteiger partial charge in [-0.05, 0) is 31.4 Å². The molecule has 1 aromatic carbocycles. The summed E-state index contributed by atoms with van der Waals surface area (Å²) in [7, 11) is 3.07. The SMILES string of the molecule is COc1ccc(N2CC(C(=O)NC3CCCCNC3=O)CC2=O)cc1OC. The summed E-state index contributed by atoms with van der Waals surface area (Å²) in [6, 6.07) is 4.68. The van der Waals surface area contributed by atoms with E-state index in [-0.39, 0.29) is 30.7 Å². The number of methoxy groups -OCH3 is 2. The summed E-state index contributed by atoms with van der Waals surface area (Å²) in [5, 5.41) is 5.61. The molecule has 0 bridgehead atoms. The zero-order valence-electron chi connectivity index (χ0n) is 15.6. The van der Waals surface area contributed by atoms with E-state index in [2.05, 4.69) is 10.6 Å². The number of ether oxygens (including phenoxy) is 2. The van der Waals surface area contributed by atoms with Crippen LogP contribution in [0.2, 0.25) is 0 Å². The van der Waals surface area contributed by atoms with E-state index in [0.717, 1.165) is 12.8 Å². The Hall–Kier alpha value is -2.77. The normalized spacial score (nSPS) is 22.8. The minimum absolute atomic E-state index is 0.120. The first kappa shape index (κ1) is 19.0. The van der Waals surface area contributed by atoms with Gasteiger partial charge in [-0.25, -0.2) is 0 Å². The van der Waals surface area contributed by atoms with E-state index >= 15 is 0 Å². The molecule has 2 aliphatic heterocycles. The number of carbonyl (C=O) groups is 3. The van der Waals surface area contributed by atoms with E-state index in [9.17, 15) is 14.4 Å². The van der Waals surface area contributed by atoms with Gasteiger partial charge in [0.1, 0.15) is 6.04 Å². The number of anilines is 1. The van der Waals surface area contributed by atoms with Crippen LogP contribution in [0, 0.1) is 5.92 Å². The highest BCUT2D eigenvalue weighted by Gasteiger charge is 2.37. The van der Waals surface area contributed by atoms with Crippen LogP contribution in [-0.2, 0) is 14.4 Å². The molecule has 2 aliphatic rings. The third-order valence-corrected chi connectivity index (χ3v) is 5.03. The van der Waals surface area contributed by atoms with Crippen LogP contribution in [0.15, 0.2) is 18.2 Å². The van der Waals surface area contributed by atoms with E-state index in [1.807, 2.05) is 0 Å². The van der Waals surface area contributed by atoms with E-state index in [1.54, 1.807) is 30.2 Å². The lowest BCUT2D eigenvalue weighted by atomic mass is 10.1. The van der Waals surface area contributed by atoms with Crippen LogP contribution in [-0.4, -0.2) is 51.1 Å². The Kier molecular flexibility index (Phi) is 5.83. The molecule has 27 heavy (non-hydrogen) atoms. The van der Waals surface area contributed by atoms with Gasteiger partial charge in [-0.3, -0.25) is 14.4 Å². The van der Waals surface area contributed by atoms with Gasteiger partial charge in [-0.1, -0.05) is 0 Å². The monoisotopic (exact) mass is 375 g/mol. The quantitative estimate of drug-likeness (QED) is 0.795. The summed E-state index contributed by atoms with van der Waals surface area (Å²) in [6.07, 6.45) is 2.53. The number of nitrogens with one attached hydrogen (secondary N) is 2. The van der Waals surface area contributed by atoms with Crippen LogP contribution >= 0.6 is 0 Å². The fourth-order valence-corrected chi connectivity index (χ4v) is 3.49. The molecule has 8 nitrogen and oxygen atoms in total. The summed E-state index contributed by atoms with van der Waals surface area (Å²) in [5.41, 5.74) is 0.653. The lowest BCUT2D eigenvalue weighted by Gasteiger charge is -2.20. The van der Waals surface area contributed by atoms with Gasteiger partial charge in [0.05, 0.1) is 20.1 Å². The first-order chi connectivity index (χ1) is 13.0. The Balaban J connectivity index is 1.68. The molecular formula is C19H25N3O5. The van der Waals surface area contributed by atoms with Crippen molar-refractivity contribution in [2.24, 2.45) is 5.92 Å². The molecule has 2 heterocycles. The van der Waals surface area contributed by atoms with Gasteiger partial charge < -0.3 is 25.0 Å². The molecule has 2 unspecified atom stereocenters. The van der Waals surface area contributed by atoms with Gasteiger partial charge in [0.2, 0.25) is 17.7 Å². The Bertz CT molecular complexity index is 736. The van der Waals surface area contributed by atoms with Gasteiger partial charge >= 0.3 is 0 Å². The molecule has 3 rings (SSSR count). The van der Waals surface area contributed by atoms with Gasteiger partial charge in [-0.2, -0.15) is 0 Å². The van der Waals surface area contributed by atoms with Crippen LogP contribution in [0.5, 0.6) is 11.5 Å². The average Bonchev–Trinajstić information content (AvgIpc) is 2.96. The van der Waals surface area contributed by atoms with Crippen molar-refractivity contribution in [1.29, 1.82) is 0 Å². The minimum Gasteiger partial charge on any atom is -0.493 e. The summed E-state index contributed by atoms with van der Waals surface area (Å²) in [6.45, 7) is 0.911. The topological polar surface area (TPSA) is 97.0 Å². The maximum absolute atomic E-state index is 12.6. The molecule has 146 valence electrons. The molecule has 1 aromatic rings. The van der Waals surface area contributed by atoms with Crippen molar-refractivity contribution in [2.75, 3.05) is 32.2 Å². The molecule has 0 radical (unpaired) electrons. The van der Waals surface area contributed by atoms with E-state index in [1.165, 1.54) is 7.11 Å². The van der Waals surface area contributed by atoms with Crippen LogP contribution in [0.25, 0.3) is 0 Å². The number of hydrogen-bond acceptors (Lipinski definition) is 5. The summed E-state index contributed by atoms with van der Waals surface area (Å²) in [5.74, 6) is 0.0667. The smallest absolute Gasteiger partial charge is 0.242 e. The van der Waals surface area contributed by atoms with Gasteiger partial charge in [0, 0.05) is 31.3 Å². The molecule has 2 saturated heterocycles. The number of rotatable bonds is 5. The fraction of sp³-hybridized carbons (Fsp3) is 0.526. The van der Waals surface area contributed by atoms with Crippen LogP contribution in [0.1, 0.15) is 25.7 Å². The number of carbonyl (C=O) groups excluding carboxylic acids is 3. The van der Waals surface area contributed by atoms with Crippen LogP contribution in [0.4, 0.5) is 5.69 Å². The Morgan fingerprint density at radius 1 is 1.19 bits per heavy atom. The van der Waals surface area contributed by atoms with Crippen molar-refractivity contribution in [3.63, 3.8) is 0 Å². The number of nitrogens with zero attached hydrogens (tertiary/aromatic N) is 1. The minimum atomic E-state index is -0.523. The Labute approximate surface area is 158 Å². The van der Waals surface area contributed by atoms with Crippen molar-refractivity contribution in [2.45, 2.75) is 31.7 Å². The summed E-state index contributed by atoms with van der Waals surface area (Å²) in [4.78, 5) is 38.6. The first-order valence-corrected chi connectivity index (χ1v) is 9.14. The maximum Gasteiger partial charge on any atom is 0.242 e. The summed E-state index contributed by atoms with van der Waals surface area (Å²) < 4.78 is 10.5. The fourth-order valence-electron chi connectivity index (χ4n) is 3.49. The predicted molar refractivity (Wildman–Crippen MR) is 98.8 cm³/mol. The first-order valence-electron chi connectivity index (χ1n) is 9.14. The average molecular weight is 375 g/mol. The Morgan fingerprint density at radius 2 is 1.96 bits per heavy atom. The predicted octanol–water partition coefficient (Wildman–Crippen LogP) is 0.842. The molecule has 3 amide bonds. The Morgan fingerprint density at radius 3 is 2.70 bits per heavy atom. The zero-order valence-corrected chi connectivity index (χ0v) is 15.6. The number of hydrogen-bond donors (Lipinski definition) is 2. The molecule has 0 saturated carbocycles. The summed E-state index contributed by atoms with van der Waals surface area (Å²) >= 11 is 0. The van der Waals surface area contributed by atoms with Crippen molar-refractivity contribution in [3.05, 3.63) is 18.2 Å². The molecule has 0 aromatic heterocycles. The number of amides is 3. The lowest BCUT2D eigenvalue weighted by Crippen LogP contribution is -2.47. The lowest BCUT2D eigenvalue weighted by molar-refractivity contribution is -0.131. The molecule has 2 atom stereocenters. The van der Waals surface area contributed by atoms with Crippen LogP contribution in [0.3, 0.4) is 0 Å². The van der Waals surface area contributed by atoms with Crippen molar-refractivity contribution in [3.8, 4) is 11.5 Å². The highest BCUT2D eigenvalue weighted by Crippen LogP contribution is 2.34. The van der Waals surface area contributed by atoms with E-state index < -0.39 is 12.0 Å². The second-order valence-corrected chi connectivity index (χ2v) is 6.79. The van der Waals surface area contributed by atoms with Crippen LogP contribution < -0.4 is 25.0 Å². The molecule has 0 aliphatic carbocycles. The maximum atomic E-state index is 12.6. The standard InChI is InChI=1S/C19H25N3O5/c1-26-15-7-6-13(10-16(15)27-2)22-11-12(9-17(22)23)18(24)21-14-5-3-4-8-20-19(14)25/h6-7,10,12,14H,3-5,8-9,11H2,1-2H3,(H,20,25)(H,21,24). The zero-order chi connectivity index (χ0) is 19.4. The second kappa shape index (κ2) is 8.28. The van der Waals surface area contributed by atoms with Crippen molar-refractivity contribution >= 4 is 23.4 Å². The third kappa shape index (κ3) is 4.15. The van der Waals surface area contributed by atoms with E-state index in [0.29, 0.717) is 30.2 Å². The molecular weight excluding hydrogens is 350 g/mol. The largest absolute Gasteiger partial charge is 0.493 e. The van der Waals surface area contributed by atoms with Gasteiger partial charge in [-0.15, -0.1) is 0 Å². The van der Waals surface area contributed by atoms with Gasteiger partial charge in [0.25, 0.3) is 0 Å². The molecule has 2 N–H and O–H groups in total. The van der Waals surface area contributed by atoms with E-state index in [4.69, 9.17) is 9.47 Å². The van der Waals surface area contributed by atoms with Gasteiger partial charge in [0.15, 0.2) is 11.5 Å². The second-order valence-electron chi connectivity index (χ2n) is 6.79. The highest BCUT2D eigenvalue weighted by molar-refractivity contribution is 6.01. The molecule has 2 fully saturated rings. The molecule has 8 heteroatoms. The van der Waals surface area contributed by atoms with Crippen molar-refractivity contribution < 1.29 is 23.9 Å². The third-order valence-electron chi connectivity index (χ3n) is 5.03. The number of benzene rings is 1. The van der Waals surface area contributed by atoms with Crippen molar-refractivity contribution in [1.82, 2.24) is 10.6 Å².